The highest BCUT2D eigenvalue weighted by Gasteiger charge is 2.22. The highest BCUT2D eigenvalue weighted by molar-refractivity contribution is 7.89. The van der Waals surface area contributed by atoms with Crippen LogP contribution in [0.5, 0.6) is 0 Å². The van der Waals surface area contributed by atoms with Crippen LogP contribution in [-0.2, 0) is 21.4 Å². The molecular formula is C17H24N6O4S. The van der Waals surface area contributed by atoms with E-state index in [1.165, 1.54) is 16.6 Å². The van der Waals surface area contributed by atoms with E-state index in [1.807, 2.05) is 0 Å². The Bertz CT molecular complexity index is 942. The molecule has 0 unspecified atom stereocenters. The van der Waals surface area contributed by atoms with Gasteiger partial charge in [-0.1, -0.05) is 13.8 Å². The Labute approximate surface area is 163 Å². The van der Waals surface area contributed by atoms with Gasteiger partial charge in [-0.3, -0.25) is 9.59 Å². The normalized spacial score (nSPS) is 11.4. The lowest BCUT2D eigenvalue weighted by Crippen LogP contribution is -2.36. The van der Waals surface area contributed by atoms with E-state index in [2.05, 4.69) is 20.6 Å². The minimum absolute atomic E-state index is 0.0218. The van der Waals surface area contributed by atoms with Crippen LogP contribution >= 0.6 is 0 Å². The van der Waals surface area contributed by atoms with Crippen molar-refractivity contribution in [1.29, 1.82) is 0 Å². The van der Waals surface area contributed by atoms with E-state index in [0.29, 0.717) is 32.1 Å². The number of nitrogens with one attached hydrogen (secondary N) is 2. The van der Waals surface area contributed by atoms with Gasteiger partial charge in [0.15, 0.2) is 0 Å². The van der Waals surface area contributed by atoms with Crippen molar-refractivity contribution in [3.8, 4) is 0 Å². The smallest absolute Gasteiger partial charge is 0.251 e. The number of hydrogen-bond donors (Lipinski definition) is 2. The van der Waals surface area contributed by atoms with Gasteiger partial charge in [-0.15, -0.1) is 0 Å². The number of carbonyl (C=O) groups excluding carboxylic acids is 1. The Morgan fingerprint density at radius 2 is 1.82 bits per heavy atom. The third-order valence-corrected chi connectivity index (χ3v) is 5.94. The van der Waals surface area contributed by atoms with Crippen molar-refractivity contribution >= 4 is 21.9 Å². The summed E-state index contributed by atoms with van der Waals surface area (Å²) in [4.78, 5) is 32.1. The summed E-state index contributed by atoms with van der Waals surface area (Å²) in [5.41, 5.74) is -0.454. The highest BCUT2D eigenvalue weighted by atomic mass is 32.2. The van der Waals surface area contributed by atoms with Crippen LogP contribution in [0.4, 0.5) is 5.95 Å². The van der Waals surface area contributed by atoms with E-state index in [1.54, 1.807) is 32.3 Å². The fraction of sp³-hybridized carbons (Fsp3) is 0.412. The molecule has 152 valence electrons. The van der Waals surface area contributed by atoms with Crippen molar-refractivity contribution in [2.45, 2.75) is 25.3 Å². The molecule has 0 aliphatic rings. The molecule has 0 saturated heterocycles. The van der Waals surface area contributed by atoms with Crippen LogP contribution in [-0.4, -0.2) is 59.3 Å². The van der Waals surface area contributed by atoms with Gasteiger partial charge in [0.1, 0.15) is 6.54 Å². The second-order valence-electron chi connectivity index (χ2n) is 5.77. The van der Waals surface area contributed by atoms with Crippen LogP contribution in [0.25, 0.3) is 0 Å². The second kappa shape index (κ2) is 9.95. The Morgan fingerprint density at radius 1 is 1.14 bits per heavy atom. The van der Waals surface area contributed by atoms with Crippen LogP contribution in [0.15, 0.2) is 46.5 Å². The molecule has 0 aromatic carbocycles. The average Bonchev–Trinajstić information content (AvgIpc) is 2.68. The predicted octanol–water partition coefficient (Wildman–Crippen LogP) is -0.103. The molecule has 10 nitrogen and oxygen atoms in total. The summed E-state index contributed by atoms with van der Waals surface area (Å²) in [6.45, 7) is 4.53. The van der Waals surface area contributed by atoms with Gasteiger partial charge in [-0.25, -0.2) is 18.4 Å². The van der Waals surface area contributed by atoms with Crippen molar-refractivity contribution in [1.82, 2.24) is 24.2 Å². The van der Waals surface area contributed by atoms with E-state index in [0.717, 1.165) is 10.6 Å². The number of hydrogen-bond acceptors (Lipinski definition) is 7. The summed E-state index contributed by atoms with van der Waals surface area (Å²) in [5.74, 6) is 0.0394. The maximum absolute atomic E-state index is 12.6. The van der Waals surface area contributed by atoms with Gasteiger partial charge in [-0.05, 0) is 12.1 Å². The van der Waals surface area contributed by atoms with Gasteiger partial charge >= 0.3 is 0 Å². The summed E-state index contributed by atoms with van der Waals surface area (Å²) in [7, 11) is -3.71. The molecule has 2 aromatic rings. The molecule has 0 atom stereocenters. The zero-order valence-electron chi connectivity index (χ0n) is 15.8. The summed E-state index contributed by atoms with van der Waals surface area (Å²) in [6, 6.07) is 4.10. The average molecular weight is 408 g/mol. The molecule has 1 amide bonds. The van der Waals surface area contributed by atoms with Crippen LogP contribution in [0.3, 0.4) is 0 Å². The van der Waals surface area contributed by atoms with Gasteiger partial charge < -0.3 is 15.2 Å². The molecule has 2 aromatic heterocycles. The summed E-state index contributed by atoms with van der Waals surface area (Å²) in [5, 5.41) is 5.59. The second-order valence-corrected chi connectivity index (χ2v) is 7.71. The SMILES string of the molecule is CCN(CC)S(=O)(=O)c1ccc(=O)n(CC(=O)NCCNc2ncccn2)c1. The molecule has 28 heavy (non-hydrogen) atoms. The number of anilines is 1. The Hall–Kier alpha value is -2.79. The maximum Gasteiger partial charge on any atom is 0.251 e. The number of amides is 1. The topological polar surface area (TPSA) is 126 Å². The van der Waals surface area contributed by atoms with Crippen molar-refractivity contribution in [3.05, 3.63) is 47.1 Å². The molecule has 2 rings (SSSR count). The third kappa shape index (κ3) is 5.60. The fourth-order valence-corrected chi connectivity index (χ4v) is 3.95. The van der Waals surface area contributed by atoms with Crippen LogP contribution < -0.4 is 16.2 Å². The Kier molecular flexibility index (Phi) is 7.64. The maximum atomic E-state index is 12.6. The Balaban J connectivity index is 1.97. The van der Waals surface area contributed by atoms with Crippen molar-refractivity contribution in [2.75, 3.05) is 31.5 Å². The monoisotopic (exact) mass is 408 g/mol. The minimum Gasteiger partial charge on any atom is -0.353 e. The van der Waals surface area contributed by atoms with E-state index >= 15 is 0 Å². The summed E-state index contributed by atoms with van der Waals surface area (Å²) < 4.78 is 27.5. The standard InChI is InChI=1S/C17H24N6O4S/c1-3-23(4-2)28(26,27)14-6-7-16(25)22(12-14)13-15(24)18-10-11-21-17-19-8-5-9-20-17/h5-9,12H,3-4,10-11,13H2,1-2H3,(H,18,24)(H,19,20,21). The minimum atomic E-state index is -3.71. The molecule has 0 spiro atoms. The van der Waals surface area contributed by atoms with Crippen molar-refractivity contribution < 1.29 is 13.2 Å². The van der Waals surface area contributed by atoms with Crippen LogP contribution in [0.1, 0.15) is 13.8 Å². The summed E-state index contributed by atoms with van der Waals surface area (Å²) >= 11 is 0. The van der Waals surface area contributed by atoms with Crippen LogP contribution in [0.2, 0.25) is 0 Å². The molecule has 2 heterocycles. The lowest BCUT2D eigenvalue weighted by molar-refractivity contribution is -0.121. The fourth-order valence-electron chi connectivity index (χ4n) is 2.48. The molecular weight excluding hydrogens is 384 g/mol. The molecule has 0 radical (unpaired) electrons. The van der Waals surface area contributed by atoms with Gasteiger partial charge in [0.25, 0.3) is 5.56 Å². The third-order valence-electron chi connectivity index (χ3n) is 3.91. The predicted molar refractivity (Wildman–Crippen MR) is 104 cm³/mol. The van der Waals surface area contributed by atoms with Gasteiger partial charge in [0.05, 0.1) is 4.90 Å². The van der Waals surface area contributed by atoms with E-state index < -0.39 is 21.5 Å². The molecule has 0 aliphatic heterocycles. The number of sulfonamides is 1. The number of carbonyl (C=O) groups is 1. The zero-order chi connectivity index (χ0) is 20.6. The molecule has 2 N–H and O–H groups in total. The lowest BCUT2D eigenvalue weighted by Gasteiger charge is -2.19. The number of nitrogens with zero attached hydrogens (tertiary/aromatic N) is 4. The molecule has 0 saturated carbocycles. The zero-order valence-corrected chi connectivity index (χ0v) is 16.6. The first kappa shape index (κ1) is 21.5. The van der Waals surface area contributed by atoms with E-state index in [9.17, 15) is 18.0 Å². The molecule has 0 bridgehead atoms. The van der Waals surface area contributed by atoms with Gasteiger partial charge in [-0.2, -0.15) is 4.31 Å². The van der Waals surface area contributed by atoms with Crippen LogP contribution in [0, 0.1) is 0 Å². The number of rotatable bonds is 10. The van der Waals surface area contributed by atoms with E-state index in [4.69, 9.17) is 0 Å². The number of pyridine rings is 1. The molecule has 0 fully saturated rings. The van der Waals surface area contributed by atoms with Crippen molar-refractivity contribution in [3.63, 3.8) is 0 Å². The number of aromatic nitrogens is 3. The first-order chi connectivity index (χ1) is 13.4. The van der Waals surface area contributed by atoms with Gasteiger partial charge in [0.2, 0.25) is 21.9 Å². The quantitative estimate of drug-likeness (QED) is 0.526. The summed E-state index contributed by atoms with van der Waals surface area (Å²) in [6.07, 6.45) is 4.39. The Morgan fingerprint density at radius 3 is 2.46 bits per heavy atom. The first-order valence-corrected chi connectivity index (χ1v) is 10.3. The van der Waals surface area contributed by atoms with E-state index in [-0.39, 0.29) is 11.4 Å². The van der Waals surface area contributed by atoms with Crippen molar-refractivity contribution in [2.24, 2.45) is 0 Å². The largest absolute Gasteiger partial charge is 0.353 e. The van der Waals surface area contributed by atoms with Gasteiger partial charge in [0, 0.05) is 50.8 Å². The molecule has 0 aliphatic carbocycles. The molecule has 11 heteroatoms. The highest BCUT2D eigenvalue weighted by Crippen LogP contribution is 2.13. The lowest BCUT2D eigenvalue weighted by atomic mass is 10.4. The first-order valence-electron chi connectivity index (χ1n) is 8.86.